The van der Waals surface area contributed by atoms with Crippen LogP contribution in [0.5, 0.6) is 0 Å². The van der Waals surface area contributed by atoms with Crippen LogP contribution in [-0.4, -0.2) is 43.6 Å². The molecule has 1 aliphatic heterocycles. The average molecular weight is 328 g/mol. The fourth-order valence-electron chi connectivity index (χ4n) is 2.49. The fraction of sp³-hybridized carbons (Fsp3) is 0.533. The van der Waals surface area contributed by atoms with Gasteiger partial charge in [0.1, 0.15) is 5.82 Å². The highest BCUT2D eigenvalue weighted by Crippen LogP contribution is 2.20. The zero-order valence-electron chi connectivity index (χ0n) is 12.5. The lowest BCUT2D eigenvalue weighted by atomic mass is 10.1. The quantitative estimate of drug-likeness (QED) is 0.846. The zero-order valence-corrected chi connectivity index (χ0v) is 13.4. The van der Waals surface area contributed by atoms with Crippen LogP contribution in [0.15, 0.2) is 29.2 Å². The van der Waals surface area contributed by atoms with Gasteiger partial charge in [-0.05, 0) is 44.0 Å². The van der Waals surface area contributed by atoms with Crippen LogP contribution in [-0.2, 0) is 14.6 Å². The Morgan fingerprint density at radius 1 is 1.32 bits per heavy atom. The molecule has 1 heterocycles. The minimum Gasteiger partial charge on any atom is -0.343 e. The number of nitrogens with zero attached hydrogens (tertiary/aromatic N) is 1. The van der Waals surface area contributed by atoms with E-state index in [-0.39, 0.29) is 23.3 Å². The molecule has 0 spiro atoms. The highest BCUT2D eigenvalue weighted by atomic mass is 32.2. The van der Waals surface area contributed by atoms with Crippen LogP contribution in [0.3, 0.4) is 0 Å². The summed E-state index contributed by atoms with van der Waals surface area (Å²) in [6.07, 6.45) is 1.41. The Labute approximate surface area is 130 Å². The minimum atomic E-state index is -3.64. The van der Waals surface area contributed by atoms with Crippen LogP contribution in [0.25, 0.3) is 0 Å². The van der Waals surface area contributed by atoms with Gasteiger partial charge in [0.15, 0.2) is 9.84 Å². The minimum absolute atomic E-state index is 0.0369. The van der Waals surface area contributed by atoms with Crippen molar-refractivity contribution < 1.29 is 17.6 Å². The third-order valence-electron chi connectivity index (χ3n) is 4.03. The molecule has 1 fully saturated rings. The Morgan fingerprint density at radius 3 is 2.41 bits per heavy atom. The molecule has 1 atom stereocenters. The van der Waals surface area contributed by atoms with Crippen molar-refractivity contribution in [1.29, 1.82) is 0 Å². The number of carbonyl (C=O) groups excluding carboxylic acids is 1. The lowest BCUT2D eigenvalue weighted by Gasteiger charge is -2.31. The summed E-state index contributed by atoms with van der Waals surface area (Å²) in [7, 11) is -3.64. The predicted molar refractivity (Wildman–Crippen MR) is 81.5 cm³/mol. The maximum Gasteiger partial charge on any atom is 0.223 e. The number of benzene rings is 1. The first-order chi connectivity index (χ1) is 10.3. The molecule has 2 rings (SSSR count). The van der Waals surface area contributed by atoms with Gasteiger partial charge in [-0.25, -0.2) is 12.8 Å². The molecule has 0 radical (unpaired) electrons. The van der Waals surface area contributed by atoms with Crippen LogP contribution < -0.4 is 5.73 Å². The van der Waals surface area contributed by atoms with Crippen molar-refractivity contribution in [2.45, 2.75) is 42.4 Å². The second-order valence-electron chi connectivity index (χ2n) is 5.73. The van der Waals surface area contributed by atoms with Crippen molar-refractivity contribution >= 4 is 15.7 Å². The van der Waals surface area contributed by atoms with Gasteiger partial charge in [0.2, 0.25) is 5.91 Å². The molecule has 1 unspecified atom stereocenters. The molecule has 1 aromatic carbocycles. The molecule has 1 aliphatic rings. The van der Waals surface area contributed by atoms with Gasteiger partial charge in [0.25, 0.3) is 0 Å². The number of amides is 1. The molecule has 1 saturated heterocycles. The van der Waals surface area contributed by atoms with Crippen molar-refractivity contribution in [1.82, 2.24) is 4.90 Å². The topological polar surface area (TPSA) is 80.5 Å². The molecule has 0 aromatic heterocycles. The van der Waals surface area contributed by atoms with Crippen molar-refractivity contribution in [3.8, 4) is 0 Å². The van der Waals surface area contributed by atoms with Crippen molar-refractivity contribution in [2.24, 2.45) is 5.73 Å². The van der Waals surface area contributed by atoms with Crippen molar-refractivity contribution in [2.75, 3.05) is 13.1 Å². The highest BCUT2D eigenvalue weighted by Gasteiger charge is 2.29. The van der Waals surface area contributed by atoms with Gasteiger partial charge in [-0.15, -0.1) is 0 Å². The summed E-state index contributed by atoms with van der Waals surface area (Å²) in [5.74, 6) is -0.669. The summed E-state index contributed by atoms with van der Waals surface area (Å²) in [5.41, 5.74) is 5.79. The van der Waals surface area contributed by atoms with Crippen LogP contribution in [0, 0.1) is 5.82 Å². The molecule has 0 aliphatic carbocycles. The van der Waals surface area contributed by atoms with Gasteiger partial charge in [-0.1, -0.05) is 0 Å². The Balaban J connectivity index is 2.03. The first kappa shape index (κ1) is 16.9. The van der Waals surface area contributed by atoms with E-state index in [1.807, 2.05) is 0 Å². The van der Waals surface area contributed by atoms with Crippen molar-refractivity contribution in [3.63, 3.8) is 0 Å². The van der Waals surface area contributed by atoms with Crippen LogP contribution in [0.4, 0.5) is 4.39 Å². The molecule has 2 N–H and O–H groups in total. The fourth-order valence-corrected chi connectivity index (χ4v) is 3.83. The number of piperidine rings is 1. The van der Waals surface area contributed by atoms with E-state index in [2.05, 4.69) is 0 Å². The Bertz CT molecular complexity index is 623. The van der Waals surface area contributed by atoms with Crippen LogP contribution in [0.2, 0.25) is 0 Å². The number of hydrogen-bond acceptors (Lipinski definition) is 4. The monoisotopic (exact) mass is 328 g/mol. The maximum atomic E-state index is 12.9. The summed E-state index contributed by atoms with van der Waals surface area (Å²) in [5, 5.41) is -0.846. The molecule has 1 aromatic rings. The standard InChI is InChI=1S/C15H21FN2O3S/c1-11(10-15(19)18-8-6-13(17)7-9-18)22(20,21)14-4-2-12(16)3-5-14/h2-5,11,13H,6-10,17H2,1H3. The van der Waals surface area contributed by atoms with Gasteiger partial charge >= 0.3 is 0 Å². The number of rotatable bonds is 4. The SMILES string of the molecule is CC(CC(=O)N1CCC(N)CC1)S(=O)(=O)c1ccc(F)cc1. The van der Waals surface area contributed by atoms with Gasteiger partial charge in [-0.3, -0.25) is 4.79 Å². The zero-order chi connectivity index (χ0) is 16.3. The largest absolute Gasteiger partial charge is 0.343 e. The van der Waals surface area contributed by atoms with Gasteiger partial charge < -0.3 is 10.6 Å². The molecular weight excluding hydrogens is 307 g/mol. The predicted octanol–water partition coefficient (Wildman–Crippen LogP) is 1.33. The lowest BCUT2D eigenvalue weighted by Crippen LogP contribution is -2.44. The lowest BCUT2D eigenvalue weighted by molar-refractivity contribution is -0.132. The molecular formula is C15H21FN2O3S. The summed E-state index contributed by atoms with van der Waals surface area (Å²) in [4.78, 5) is 13.9. The second kappa shape index (κ2) is 6.75. The first-order valence-corrected chi connectivity index (χ1v) is 8.88. The van der Waals surface area contributed by atoms with Gasteiger partial charge in [-0.2, -0.15) is 0 Å². The van der Waals surface area contributed by atoms with Crippen molar-refractivity contribution in [3.05, 3.63) is 30.1 Å². The Morgan fingerprint density at radius 2 is 1.86 bits per heavy atom. The maximum absolute atomic E-state index is 12.9. The summed E-state index contributed by atoms with van der Waals surface area (Å²) >= 11 is 0. The van der Waals surface area contributed by atoms with E-state index in [0.29, 0.717) is 13.1 Å². The number of halogens is 1. The Hall–Kier alpha value is -1.47. The highest BCUT2D eigenvalue weighted by molar-refractivity contribution is 7.92. The number of hydrogen-bond donors (Lipinski definition) is 1. The van der Waals surface area contributed by atoms with E-state index in [9.17, 15) is 17.6 Å². The molecule has 5 nitrogen and oxygen atoms in total. The molecule has 122 valence electrons. The number of likely N-dealkylation sites (tertiary alicyclic amines) is 1. The molecule has 0 saturated carbocycles. The van der Waals surface area contributed by atoms with E-state index < -0.39 is 20.9 Å². The first-order valence-electron chi connectivity index (χ1n) is 7.33. The van der Waals surface area contributed by atoms with E-state index in [1.54, 1.807) is 4.90 Å². The third-order valence-corrected chi connectivity index (χ3v) is 6.18. The summed E-state index contributed by atoms with van der Waals surface area (Å²) in [6, 6.07) is 4.78. The van der Waals surface area contributed by atoms with Crippen LogP contribution in [0.1, 0.15) is 26.2 Å². The summed E-state index contributed by atoms with van der Waals surface area (Å²) < 4.78 is 37.7. The van der Waals surface area contributed by atoms with Gasteiger partial charge in [0.05, 0.1) is 10.1 Å². The van der Waals surface area contributed by atoms with E-state index >= 15 is 0 Å². The normalized spacial score (nSPS) is 18.2. The molecule has 1 amide bonds. The van der Waals surface area contributed by atoms with E-state index in [1.165, 1.54) is 19.1 Å². The second-order valence-corrected chi connectivity index (χ2v) is 8.10. The number of nitrogens with two attached hydrogens (primary N) is 1. The molecule has 22 heavy (non-hydrogen) atoms. The smallest absolute Gasteiger partial charge is 0.223 e. The average Bonchev–Trinajstić information content (AvgIpc) is 2.48. The van der Waals surface area contributed by atoms with Gasteiger partial charge in [0, 0.05) is 25.6 Å². The Kier molecular flexibility index (Phi) is 5.18. The van der Waals surface area contributed by atoms with E-state index in [0.717, 1.165) is 25.0 Å². The summed E-state index contributed by atoms with van der Waals surface area (Å²) in [6.45, 7) is 2.65. The van der Waals surface area contributed by atoms with Crippen LogP contribution >= 0.6 is 0 Å². The number of carbonyl (C=O) groups is 1. The number of sulfone groups is 1. The molecule has 0 bridgehead atoms. The third kappa shape index (κ3) is 3.84. The van der Waals surface area contributed by atoms with E-state index in [4.69, 9.17) is 5.73 Å². The molecule has 7 heteroatoms.